The minimum absolute atomic E-state index is 0.168. The van der Waals surface area contributed by atoms with Gasteiger partial charge in [-0.1, -0.05) is 30.3 Å². The lowest BCUT2D eigenvalue weighted by molar-refractivity contribution is -0.211. The standard InChI is InChI=1S/C18H20N4O3/c19-17-15-6-7-16(22(15)21-12-20-17)18(23)9-8-14(25-18)11-24-10-13-4-2-1-3-5-13/h1-7,12,14,23H,8-11H2,(H2,19,20,21)/t14-,18+/m0/s1. The number of ether oxygens (including phenoxy) is 2. The Bertz CT molecular complexity index is 867. The van der Waals surface area contributed by atoms with Gasteiger partial charge in [-0.15, -0.1) is 0 Å². The van der Waals surface area contributed by atoms with Crippen LogP contribution >= 0.6 is 0 Å². The topological polar surface area (TPSA) is 94.9 Å². The van der Waals surface area contributed by atoms with E-state index < -0.39 is 5.79 Å². The van der Waals surface area contributed by atoms with Gasteiger partial charge in [0.1, 0.15) is 17.5 Å². The molecule has 0 saturated carbocycles. The fourth-order valence-electron chi connectivity index (χ4n) is 3.19. The van der Waals surface area contributed by atoms with Crippen LogP contribution in [-0.2, 0) is 21.9 Å². The second-order valence-corrected chi connectivity index (χ2v) is 6.22. The molecule has 2 aromatic heterocycles. The van der Waals surface area contributed by atoms with Gasteiger partial charge in [0, 0.05) is 6.42 Å². The normalized spacial score (nSPS) is 23.3. The maximum atomic E-state index is 10.9. The van der Waals surface area contributed by atoms with Gasteiger partial charge in [-0.2, -0.15) is 5.10 Å². The Morgan fingerprint density at radius 2 is 2.12 bits per heavy atom. The van der Waals surface area contributed by atoms with Gasteiger partial charge in [0.05, 0.1) is 19.3 Å². The Morgan fingerprint density at radius 1 is 1.28 bits per heavy atom. The number of fused-ring (bicyclic) bond motifs is 1. The van der Waals surface area contributed by atoms with Crippen molar-refractivity contribution in [2.45, 2.75) is 31.3 Å². The number of hydrogen-bond donors (Lipinski definition) is 2. The van der Waals surface area contributed by atoms with E-state index in [0.717, 1.165) is 5.56 Å². The third kappa shape index (κ3) is 3.09. The van der Waals surface area contributed by atoms with E-state index in [-0.39, 0.29) is 6.10 Å². The second-order valence-electron chi connectivity index (χ2n) is 6.22. The Labute approximate surface area is 145 Å². The summed E-state index contributed by atoms with van der Waals surface area (Å²) in [5.41, 5.74) is 8.17. The summed E-state index contributed by atoms with van der Waals surface area (Å²) in [5.74, 6) is -1.03. The first kappa shape index (κ1) is 16.0. The van der Waals surface area contributed by atoms with Crippen molar-refractivity contribution in [3.8, 4) is 0 Å². The average Bonchev–Trinajstić information content (AvgIpc) is 3.22. The number of aromatic nitrogens is 3. The van der Waals surface area contributed by atoms with E-state index in [1.54, 1.807) is 16.6 Å². The lowest BCUT2D eigenvalue weighted by Crippen LogP contribution is -2.29. The monoisotopic (exact) mass is 340 g/mol. The smallest absolute Gasteiger partial charge is 0.210 e. The maximum Gasteiger partial charge on any atom is 0.210 e. The summed E-state index contributed by atoms with van der Waals surface area (Å²) < 4.78 is 13.2. The number of hydrogen-bond acceptors (Lipinski definition) is 6. The number of nitrogens with zero attached hydrogens (tertiary/aromatic N) is 3. The van der Waals surface area contributed by atoms with E-state index >= 15 is 0 Å². The molecule has 1 fully saturated rings. The molecule has 0 spiro atoms. The molecule has 0 unspecified atom stereocenters. The first-order valence-corrected chi connectivity index (χ1v) is 8.26. The number of anilines is 1. The highest BCUT2D eigenvalue weighted by atomic mass is 16.6. The van der Waals surface area contributed by atoms with Crippen LogP contribution < -0.4 is 5.73 Å². The molecular formula is C18H20N4O3. The summed E-state index contributed by atoms with van der Waals surface area (Å²) in [6, 6.07) is 13.5. The Morgan fingerprint density at radius 3 is 2.96 bits per heavy atom. The summed E-state index contributed by atoms with van der Waals surface area (Å²) in [6.07, 6.45) is 2.38. The average molecular weight is 340 g/mol. The van der Waals surface area contributed by atoms with Crippen LogP contribution in [-0.4, -0.2) is 32.4 Å². The number of nitrogen functional groups attached to an aromatic ring is 1. The Balaban J connectivity index is 1.43. The van der Waals surface area contributed by atoms with Crippen LogP contribution in [0.25, 0.3) is 5.52 Å². The van der Waals surface area contributed by atoms with Crippen LogP contribution in [0.4, 0.5) is 5.82 Å². The highest BCUT2D eigenvalue weighted by Crippen LogP contribution is 2.37. The summed E-state index contributed by atoms with van der Waals surface area (Å²) in [7, 11) is 0. The van der Waals surface area contributed by atoms with Gasteiger partial charge in [-0.3, -0.25) is 0 Å². The molecule has 1 aliphatic heterocycles. The molecule has 7 heteroatoms. The molecule has 0 aliphatic carbocycles. The predicted octanol–water partition coefficient (Wildman–Crippen LogP) is 1.85. The number of rotatable bonds is 5. The summed E-state index contributed by atoms with van der Waals surface area (Å²) in [4.78, 5) is 3.96. The molecule has 1 saturated heterocycles. The van der Waals surface area contributed by atoms with Crippen LogP contribution in [0.2, 0.25) is 0 Å². The molecule has 1 aliphatic rings. The zero-order valence-corrected chi connectivity index (χ0v) is 13.7. The zero-order chi connectivity index (χ0) is 17.3. The van der Waals surface area contributed by atoms with Gasteiger partial charge in [0.25, 0.3) is 0 Å². The fourth-order valence-corrected chi connectivity index (χ4v) is 3.19. The molecular weight excluding hydrogens is 320 g/mol. The molecule has 0 bridgehead atoms. The quantitative estimate of drug-likeness (QED) is 0.736. The van der Waals surface area contributed by atoms with Crippen molar-refractivity contribution < 1.29 is 14.6 Å². The van der Waals surface area contributed by atoms with Crippen molar-refractivity contribution in [2.75, 3.05) is 12.3 Å². The van der Waals surface area contributed by atoms with E-state index in [1.165, 1.54) is 6.33 Å². The molecule has 25 heavy (non-hydrogen) atoms. The molecule has 1 aromatic carbocycles. The third-order valence-electron chi connectivity index (χ3n) is 4.46. The van der Waals surface area contributed by atoms with Crippen LogP contribution in [0.15, 0.2) is 48.8 Å². The third-order valence-corrected chi connectivity index (χ3v) is 4.46. The van der Waals surface area contributed by atoms with E-state index in [9.17, 15) is 5.11 Å². The summed E-state index contributed by atoms with van der Waals surface area (Å²) in [6.45, 7) is 0.953. The van der Waals surface area contributed by atoms with Crippen molar-refractivity contribution in [2.24, 2.45) is 0 Å². The summed E-state index contributed by atoms with van der Waals surface area (Å²) >= 11 is 0. The highest BCUT2D eigenvalue weighted by Gasteiger charge is 2.42. The van der Waals surface area contributed by atoms with Gasteiger partial charge in [0.2, 0.25) is 5.79 Å². The molecule has 4 rings (SSSR count). The van der Waals surface area contributed by atoms with E-state index in [4.69, 9.17) is 15.2 Å². The lowest BCUT2D eigenvalue weighted by atomic mass is 10.1. The van der Waals surface area contributed by atoms with E-state index in [0.29, 0.717) is 43.1 Å². The first-order valence-electron chi connectivity index (χ1n) is 8.26. The molecule has 3 N–H and O–H groups in total. The van der Waals surface area contributed by atoms with Gasteiger partial charge in [0.15, 0.2) is 5.82 Å². The number of aliphatic hydroxyl groups is 1. The van der Waals surface area contributed by atoms with Crippen LogP contribution in [0.1, 0.15) is 24.1 Å². The molecule has 3 aromatic rings. The van der Waals surface area contributed by atoms with E-state index in [2.05, 4.69) is 10.1 Å². The van der Waals surface area contributed by atoms with Crippen LogP contribution in [0.5, 0.6) is 0 Å². The molecule has 0 radical (unpaired) electrons. The molecule has 130 valence electrons. The largest absolute Gasteiger partial charge is 0.382 e. The van der Waals surface area contributed by atoms with Crippen molar-refractivity contribution >= 4 is 11.3 Å². The minimum Gasteiger partial charge on any atom is -0.382 e. The first-order chi connectivity index (χ1) is 12.2. The number of benzene rings is 1. The van der Waals surface area contributed by atoms with Crippen molar-refractivity contribution in [1.82, 2.24) is 14.6 Å². The van der Waals surface area contributed by atoms with Crippen molar-refractivity contribution in [3.63, 3.8) is 0 Å². The van der Waals surface area contributed by atoms with Gasteiger partial charge in [-0.25, -0.2) is 9.50 Å². The van der Waals surface area contributed by atoms with Gasteiger partial charge >= 0.3 is 0 Å². The van der Waals surface area contributed by atoms with Crippen LogP contribution in [0, 0.1) is 0 Å². The maximum absolute atomic E-state index is 10.9. The van der Waals surface area contributed by atoms with Gasteiger partial charge < -0.3 is 20.3 Å². The lowest BCUT2D eigenvalue weighted by Gasteiger charge is -2.23. The second kappa shape index (κ2) is 6.44. The van der Waals surface area contributed by atoms with Gasteiger partial charge in [-0.05, 0) is 24.1 Å². The Hall–Kier alpha value is -2.48. The molecule has 2 atom stereocenters. The number of nitrogens with two attached hydrogens (primary N) is 1. The fraction of sp³-hybridized carbons (Fsp3) is 0.333. The molecule has 7 nitrogen and oxygen atoms in total. The molecule has 3 heterocycles. The van der Waals surface area contributed by atoms with Crippen LogP contribution in [0.3, 0.4) is 0 Å². The van der Waals surface area contributed by atoms with Crippen molar-refractivity contribution in [3.05, 3.63) is 60.0 Å². The minimum atomic E-state index is -1.39. The summed E-state index contributed by atoms with van der Waals surface area (Å²) in [5, 5.41) is 15.1. The highest BCUT2D eigenvalue weighted by molar-refractivity contribution is 5.65. The molecule has 0 amide bonds. The van der Waals surface area contributed by atoms with Crippen molar-refractivity contribution in [1.29, 1.82) is 0 Å². The zero-order valence-electron chi connectivity index (χ0n) is 13.7. The van der Waals surface area contributed by atoms with E-state index in [1.807, 2.05) is 30.3 Å². The predicted molar refractivity (Wildman–Crippen MR) is 91.5 cm³/mol. The Kier molecular flexibility index (Phi) is 4.12. The SMILES string of the molecule is Nc1ncnn2c([C@@]3(O)CC[C@@H](COCc4ccccc4)O3)ccc12.